The zero-order valence-electron chi connectivity index (χ0n) is 10.9. The van der Waals surface area contributed by atoms with Gasteiger partial charge in [-0.25, -0.2) is 4.79 Å². The summed E-state index contributed by atoms with van der Waals surface area (Å²) in [5.41, 5.74) is 1.97. The van der Waals surface area contributed by atoms with Crippen molar-refractivity contribution in [3.05, 3.63) is 83.9 Å². The van der Waals surface area contributed by atoms with Gasteiger partial charge in [-0.2, -0.15) is 0 Å². The van der Waals surface area contributed by atoms with Crippen LogP contribution in [0.4, 0.5) is 0 Å². The lowest BCUT2D eigenvalue weighted by atomic mass is 10.0. The zero-order chi connectivity index (χ0) is 14.4. The summed E-state index contributed by atoms with van der Waals surface area (Å²) in [5, 5.41) is 0. The Kier molecular flexibility index (Phi) is 4.45. The first-order valence-corrected chi connectivity index (χ1v) is 6.18. The lowest BCUT2D eigenvalue weighted by Gasteiger charge is -2.05. The highest BCUT2D eigenvalue weighted by Gasteiger charge is 2.09. The van der Waals surface area contributed by atoms with E-state index in [0.717, 1.165) is 11.6 Å². The van der Waals surface area contributed by atoms with Crippen molar-refractivity contribution >= 4 is 11.8 Å². The van der Waals surface area contributed by atoms with Crippen LogP contribution in [-0.2, 0) is 16.1 Å². The fourth-order valence-corrected chi connectivity index (χ4v) is 1.77. The van der Waals surface area contributed by atoms with Gasteiger partial charge in [-0.15, -0.1) is 0 Å². The molecule has 0 N–H and O–H groups in total. The molecule has 0 spiro atoms. The molecule has 2 rings (SSSR count). The smallest absolute Gasteiger partial charge is 0.330 e. The molecule has 0 unspecified atom stereocenters. The second-order valence-corrected chi connectivity index (χ2v) is 4.21. The maximum absolute atomic E-state index is 12.3. The third-order valence-corrected chi connectivity index (χ3v) is 2.77. The van der Waals surface area contributed by atoms with Crippen molar-refractivity contribution in [1.29, 1.82) is 0 Å². The Morgan fingerprint density at radius 3 is 2.40 bits per heavy atom. The van der Waals surface area contributed by atoms with Crippen LogP contribution in [0.2, 0.25) is 0 Å². The van der Waals surface area contributed by atoms with Crippen LogP contribution in [0.5, 0.6) is 0 Å². The average molecular weight is 266 g/mol. The van der Waals surface area contributed by atoms with E-state index in [-0.39, 0.29) is 12.4 Å². The molecule has 0 radical (unpaired) electrons. The minimum Gasteiger partial charge on any atom is -0.458 e. The number of hydrogen-bond donors (Lipinski definition) is 0. The van der Waals surface area contributed by atoms with Crippen molar-refractivity contribution in [3.8, 4) is 0 Å². The summed E-state index contributed by atoms with van der Waals surface area (Å²) in [5.74, 6) is -0.535. The van der Waals surface area contributed by atoms with Crippen LogP contribution >= 0.6 is 0 Å². The molecule has 0 aliphatic rings. The molecule has 0 heterocycles. The van der Waals surface area contributed by atoms with Crippen molar-refractivity contribution in [2.75, 3.05) is 0 Å². The van der Waals surface area contributed by atoms with Gasteiger partial charge in [0.25, 0.3) is 0 Å². The fourth-order valence-electron chi connectivity index (χ4n) is 1.77. The van der Waals surface area contributed by atoms with Crippen LogP contribution in [-0.4, -0.2) is 11.8 Å². The molecule has 0 saturated heterocycles. The summed E-state index contributed by atoms with van der Waals surface area (Å²) in [6.45, 7) is 3.46. The molecular formula is C17H14O3. The van der Waals surface area contributed by atoms with E-state index in [0.29, 0.717) is 11.1 Å². The summed E-state index contributed by atoms with van der Waals surface area (Å²) >= 11 is 0. The standard InChI is InChI=1S/C17H14O3/c1-2-16(18)20-12-13-7-6-10-15(11-13)17(19)14-8-4-3-5-9-14/h2-11H,1,12H2. The largest absolute Gasteiger partial charge is 0.458 e. The molecule has 0 bridgehead atoms. The monoisotopic (exact) mass is 266 g/mol. The molecule has 20 heavy (non-hydrogen) atoms. The molecule has 0 aliphatic carbocycles. The van der Waals surface area contributed by atoms with E-state index in [2.05, 4.69) is 6.58 Å². The molecular weight excluding hydrogens is 252 g/mol. The Labute approximate surface area is 117 Å². The van der Waals surface area contributed by atoms with Gasteiger partial charge >= 0.3 is 5.97 Å². The number of rotatable bonds is 5. The summed E-state index contributed by atoms with van der Waals surface area (Å²) < 4.78 is 4.95. The van der Waals surface area contributed by atoms with Crippen molar-refractivity contribution in [2.45, 2.75) is 6.61 Å². The Bertz CT molecular complexity index is 630. The number of benzene rings is 2. The van der Waals surface area contributed by atoms with E-state index >= 15 is 0 Å². The third-order valence-electron chi connectivity index (χ3n) is 2.77. The highest BCUT2D eigenvalue weighted by atomic mass is 16.5. The SMILES string of the molecule is C=CC(=O)OCc1cccc(C(=O)c2ccccc2)c1. The first-order chi connectivity index (χ1) is 9.70. The molecule has 0 atom stereocenters. The van der Waals surface area contributed by atoms with Gasteiger partial charge in [-0.1, -0.05) is 55.1 Å². The van der Waals surface area contributed by atoms with E-state index in [9.17, 15) is 9.59 Å². The van der Waals surface area contributed by atoms with Gasteiger partial charge in [0.2, 0.25) is 0 Å². The van der Waals surface area contributed by atoms with Gasteiger partial charge in [-0.3, -0.25) is 4.79 Å². The van der Waals surface area contributed by atoms with Crippen LogP contribution in [0.15, 0.2) is 67.3 Å². The third kappa shape index (κ3) is 3.42. The van der Waals surface area contributed by atoms with E-state index < -0.39 is 5.97 Å². The highest BCUT2D eigenvalue weighted by molar-refractivity contribution is 6.09. The Morgan fingerprint density at radius 2 is 1.70 bits per heavy atom. The topological polar surface area (TPSA) is 43.4 Å². The molecule has 0 amide bonds. The quantitative estimate of drug-likeness (QED) is 0.474. The molecule has 0 aliphatic heterocycles. The number of ketones is 1. The van der Waals surface area contributed by atoms with Crippen LogP contribution in [0.1, 0.15) is 21.5 Å². The van der Waals surface area contributed by atoms with Crippen molar-refractivity contribution < 1.29 is 14.3 Å². The number of carbonyl (C=O) groups is 2. The molecule has 100 valence electrons. The van der Waals surface area contributed by atoms with Gasteiger partial charge in [0.05, 0.1) is 0 Å². The van der Waals surface area contributed by atoms with Crippen LogP contribution in [0, 0.1) is 0 Å². The van der Waals surface area contributed by atoms with Crippen molar-refractivity contribution in [1.82, 2.24) is 0 Å². The fraction of sp³-hybridized carbons (Fsp3) is 0.0588. The van der Waals surface area contributed by atoms with E-state index in [1.165, 1.54) is 0 Å². The predicted molar refractivity (Wildman–Crippen MR) is 76.3 cm³/mol. The normalized spacial score (nSPS) is 9.80. The van der Waals surface area contributed by atoms with Crippen LogP contribution in [0.25, 0.3) is 0 Å². The van der Waals surface area contributed by atoms with Gasteiger partial charge in [0.1, 0.15) is 6.61 Å². The summed E-state index contributed by atoms with van der Waals surface area (Å²) in [6.07, 6.45) is 1.11. The minimum atomic E-state index is -0.482. The van der Waals surface area contributed by atoms with Crippen LogP contribution in [0.3, 0.4) is 0 Å². The maximum Gasteiger partial charge on any atom is 0.330 e. The number of ether oxygens (including phenoxy) is 1. The van der Waals surface area contributed by atoms with Crippen molar-refractivity contribution in [3.63, 3.8) is 0 Å². The Balaban J connectivity index is 2.15. The summed E-state index contributed by atoms with van der Waals surface area (Å²) in [7, 11) is 0. The van der Waals surface area contributed by atoms with E-state index in [1.54, 1.807) is 36.4 Å². The van der Waals surface area contributed by atoms with E-state index in [4.69, 9.17) is 4.74 Å². The Morgan fingerprint density at radius 1 is 1.00 bits per heavy atom. The average Bonchev–Trinajstić information content (AvgIpc) is 2.53. The van der Waals surface area contributed by atoms with Gasteiger partial charge in [0.15, 0.2) is 5.78 Å². The number of hydrogen-bond acceptors (Lipinski definition) is 3. The number of carbonyl (C=O) groups excluding carboxylic acids is 2. The first kappa shape index (κ1) is 13.7. The molecule has 0 aromatic heterocycles. The van der Waals surface area contributed by atoms with Crippen molar-refractivity contribution in [2.24, 2.45) is 0 Å². The lowest BCUT2D eigenvalue weighted by Crippen LogP contribution is -2.04. The molecule has 0 fully saturated rings. The number of esters is 1. The zero-order valence-corrected chi connectivity index (χ0v) is 10.9. The summed E-state index contributed by atoms with van der Waals surface area (Å²) in [6, 6.07) is 16.1. The first-order valence-electron chi connectivity index (χ1n) is 6.18. The van der Waals surface area contributed by atoms with Crippen LogP contribution < -0.4 is 0 Å². The summed E-state index contributed by atoms with van der Waals surface area (Å²) in [4.78, 5) is 23.3. The highest BCUT2D eigenvalue weighted by Crippen LogP contribution is 2.12. The lowest BCUT2D eigenvalue weighted by molar-refractivity contribution is -0.138. The van der Waals surface area contributed by atoms with E-state index in [1.807, 2.05) is 18.2 Å². The molecule has 2 aromatic carbocycles. The second kappa shape index (κ2) is 6.48. The molecule has 2 aromatic rings. The molecule has 0 saturated carbocycles. The van der Waals surface area contributed by atoms with Gasteiger partial charge < -0.3 is 4.74 Å². The molecule has 3 nitrogen and oxygen atoms in total. The minimum absolute atomic E-state index is 0.0532. The maximum atomic E-state index is 12.3. The second-order valence-electron chi connectivity index (χ2n) is 4.21. The van der Waals surface area contributed by atoms with Gasteiger partial charge in [0, 0.05) is 17.2 Å². The Hall–Kier alpha value is -2.68. The van der Waals surface area contributed by atoms with Gasteiger partial charge in [-0.05, 0) is 11.6 Å². The predicted octanol–water partition coefficient (Wildman–Crippen LogP) is 3.15. The molecule has 3 heteroatoms.